The van der Waals surface area contributed by atoms with Crippen molar-refractivity contribution in [2.75, 3.05) is 26.1 Å². The van der Waals surface area contributed by atoms with Gasteiger partial charge in [0.2, 0.25) is 0 Å². The highest BCUT2D eigenvalue weighted by Crippen LogP contribution is 2.11. The molecule has 0 aromatic carbocycles. The van der Waals surface area contributed by atoms with Crippen LogP contribution in [0.25, 0.3) is 0 Å². The predicted molar refractivity (Wildman–Crippen MR) is 82.6 cm³/mol. The minimum Gasteiger partial charge on any atom is -1.00 e. The van der Waals surface area contributed by atoms with Crippen LogP contribution in [0.3, 0.4) is 0 Å². The molecule has 112 valence electrons. The lowest BCUT2D eigenvalue weighted by atomic mass is 10.1. The molecule has 0 atom stereocenters. The van der Waals surface area contributed by atoms with Crippen molar-refractivity contribution >= 4 is 15.9 Å². The summed E-state index contributed by atoms with van der Waals surface area (Å²) in [7, 11) is 4.59. The van der Waals surface area contributed by atoms with Gasteiger partial charge in [0.25, 0.3) is 0 Å². The van der Waals surface area contributed by atoms with Crippen molar-refractivity contribution in [3.05, 3.63) is 0 Å². The summed E-state index contributed by atoms with van der Waals surface area (Å²) >= 11 is 3.57. The highest BCUT2D eigenvalue weighted by molar-refractivity contribution is 9.09. The molecule has 0 fully saturated rings. The van der Waals surface area contributed by atoms with Gasteiger partial charge >= 0.3 is 0 Å². The molecule has 0 heterocycles. The second kappa shape index (κ2) is 14.3. The molecular formula is C15H33Br2N. The van der Waals surface area contributed by atoms with E-state index in [4.69, 9.17) is 0 Å². The van der Waals surface area contributed by atoms with E-state index in [1.165, 1.54) is 70.8 Å². The van der Waals surface area contributed by atoms with Gasteiger partial charge in [-0.05, 0) is 28.8 Å². The van der Waals surface area contributed by atoms with Crippen molar-refractivity contribution in [3.8, 4) is 0 Å². The predicted octanol–water partition coefficient (Wildman–Crippen LogP) is 2.34. The Kier molecular flexibility index (Phi) is 16.9. The molecule has 0 aliphatic rings. The number of unbranched alkanes of at least 4 members (excludes halogenated alkanes) is 9. The number of rotatable bonds is 12. The SMILES string of the molecule is CCCCCCCCCCCC[N+](C)(C)CBr.[Br-]. The zero-order valence-electron chi connectivity index (χ0n) is 12.7. The van der Waals surface area contributed by atoms with Crippen LogP contribution in [0, 0.1) is 0 Å². The molecule has 0 N–H and O–H groups in total. The summed E-state index contributed by atoms with van der Waals surface area (Å²) in [6, 6.07) is 0. The van der Waals surface area contributed by atoms with Gasteiger partial charge in [0.05, 0.1) is 20.6 Å². The molecule has 0 bridgehead atoms. The summed E-state index contributed by atoms with van der Waals surface area (Å²) in [5.41, 5.74) is 1.07. The van der Waals surface area contributed by atoms with E-state index in [2.05, 4.69) is 36.9 Å². The summed E-state index contributed by atoms with van der Waals surface area (Å²) in [6.45, 7) is 3.59. The van der Waals surface area contributed by atoms with Crippen LogP contribution in [-0.4, -0.2) is 30.6 Å². The van der Waals surface area contributed by atoms with Gasteiger partial charge in [-0.25, -0.2) is 0 Å². The monoisotopic (exact) mass is 385 g/mol. The Labute approximate surface area is 134 Å². The van der Waals surface area contributed by atoms with Crippen molar-refractivity contribution in [2.45, 2.75) is 71.1 Å². The molecule has 0 aromatic heterocycles. The van der Waals surface area contributed by atoms with Crippen LogP contribution in [0.4, 0.5) is 0 Å². The first kappa shape index (κ1) is 21.2. The average Bonchev–Trinajstić information content (AvgIpc) is 2.31. The van der Waals surface area contributed by atoms with Crippen molar-refractivity contribution in [1.29, 1.82) is 0 Å². The van der Waals surface area contributed by atoms with Crippen LogP contribution < -0.4 is 17.0 Å². The minimum absolute atomic E-state index is 0. The van der Waals surface area contributed by atoms with Crippen molar-refractivity contribution in [1.82, 2.24) is 0 Å². The van der Waals surface area contributed by atoms with Gasteiger partial charge < -0.3 is 21.5 Å². The van der Waals surface area contributed by atoms with Gasteiger partial charge in [0.1, 0.15) is 5.45 Å². The standard InChI is InChI=1S/C15H33BrN.BrH/c1-4-5-6-7-8-9-10-11-12-13-14-17(2,3)15-16;/h4-15H2,1-3H3;1H/q+1;/p-1. The fourth-order valence-electron chi connectivity index (χ4n) is 2.09. The molecule has 0 saturated carbocycles. The van der Waals surface area contributed by atoms with Crippen LogP contribution >= 0.6 is 15.9 Å². The molecule has 0 aliphatic carbocycles. The zero-order valence-corrected chi connectivity index (χ0v) is 15.9. The third-order valence-corrected chi connectivity index (χ3v) is 4.80. The Bertz CT molecular complexity index is 161. The third-order valence-electron chi connectivity index (χ3n) is 3.44. The van der Waals surface area contributed by atoms with Gasteiger partial charge in [0, 0.05) is 0 Å². The summed E-state index contributed by atoms with van der Waals surface area (Å²) in [5, 5.41) is 0. The Morgan fingerprint density at radius 3 is 1.50 bits per heavy atom. The van der Waals surface area contributed by atoms with Crippen LogP contribution in [-0.2, 0) is 0 Å². The third kappa shape index (κ3) is 15.0. The second-order valence-corrected chi connectivity index (χ2v) is 6.46. The minimum atomic E-state index is 0. The first-order valence-electron chi connectivity index (χ1n) is 7.50. The lowest BCUT2D eigenvalue weighted by molar-refractivity contribution is -0.876. The fourth-order valence-corrected chi connectivity index (χ4v) is 2.34. The topological polar surface area (TPSA) is 0 Å². The molecule has 0 amide bonds. The number of hydrogen-bond acceptors (Lipinski definition) is 0. The molecule has 0 spiro atoms. The largest absolute Gasteiger partial charge is 1.00 e. The Hall–Kier alpha value is 0.920. The summed E-state index contributed by atoms with van der Waals surface area (Å²) in [5.74, 6) is 0. The van der Waals surface area contributed by atoms with E-state index in [-0.39, 0.29) is 17.0 Å². The Balaban J connectivity index is 0. The molecule has 0 aromatic rings. The van der Waals surface area contributed by atoms with E-state index in [9.17, 15) is 0 Å². The van der Waals surface area contributed by atoms with E-state index >= 15 is 0 Å². The molecule has 1 nitrogen and oxygen atoms in total. The molecule has 0 radical (unpaired) electrons. The van der Waals surface area contributed by atoms with Gasteiger partial charge in [-0.15, -0.1) is 0 Å². The quantitative estimate of drug-likeness (QED) is 0.209. The van der Waals surface area contributed by atoms with Crippen molar-refractivity contribution in [2.24, 2.45) is 0 Å². The van der Waals surface area contributed by atoms with E-state index in [1.54, 1.807) is 0 Å². The van der Waals surface area contributed by atoms with Crippen LogP contribution in [0.5, 0.6) is 0 Å². The molecule has 18 heavy (non-hydrogen) atoms. The Morgan fingerprint density at radius 1 is 0.722 bits per heavy atom. The average molecular weight is 387 g/mol. The second-order valence-electron chi connectivity index (χ2n) is 5.96. The molecule has 0 saturated heterocycles. The molecule has 0 rings (SSSR count). The van der Waals surface area contributed by atoms with Crippen LogP contribution in [0.2, 0.25) is 0 Å². The first-order valence-corrected chi connectivity index (χ1v) is 8.62. The number of quaternary nitrogens is 1. The van der Waals surface area contributed by atoms with E-state index in [1.807, 2.05) is 0 Å². The number of nitrogens with zero attached hydrogens (tertiary/aromatic N) is 1. The highest BCUT2D eigenvalue weighted by Gasteiger charge is 2.10. The molecule has 0 aliphatic heterocycles. The zero-order chi connectivity index (χ0) is 13.0. The molecule has 3 heteroatoms. The van der Waals surface area contributed by atoms with Crippen molar-refractivity contribution in [3.63, 3.8) is 0 Å². The maximum atomic E-state index is 3.57. The van der Waals surface area contributed by atoms with Crippen LogP contribution in [0.15, 0.2) is 0 Å². The van der Waals surface area contributed by atoms with Gasteiger partial charge in [-0.3, -0.25) is 0 Å². The van der Waals surface area contributed by atoms with E-state index in [0.717, 1.165) is 9.94 Å². The lowest BCUT2D eigenvalue weighted by Crippen LogP contribution is -3.00. The number of hydrogen-bond donors (Lipinski definition) is 0. The number of halogens is 2. The fraction of sp³-hybridized carbons (Fsp3) is 1.00. The maximum Gasteiger partial charge on any atom is 0.133 e. The summed E-state index contributed by atoms with van der Waals surface area (Å²) in [6.07, 6.45) is 14.3. The summed E-state index contributed by atoms with van der Waals surface area (Å²) in [4.78, 5) is 0. The van der Waals surface area contributed by atoms with Gasteiger partial charge in [-0.1, -0.05) is 58.3 Å². The smallest absolute Gasteiger partial charge is 0.133 e. The van der Waals surface area contributed by atoms with Gasteiger partial charge in [0.15, 0.2) is 0 Å². The number of alkyl halides is 1. The van der Waals surface area contributed by atoms with E-state index in [0.29, 0.717) is 0 Å². The van der Waals surface area contributed by atoms with Crippen LogP contribution in [0.1, 0.15) is 71.1 Å². The van der Waals surface area contributed by atoms with E-state index < -0.39 is 0 Å². The molecular weight excluding hydrogens is 354 g/mol. The Morgan fingerprint density at radius 2 is 1.11 bits per heavy atom. The maximum absolute atomic E-state index is 3.57. The molecule has 0 unspecified atom stereocenters. The van der Waals surface area contributed by atoms with Gasteiger partial charge in [-0.2, -0.15) is 0 Å². The highest BCUT2D eigenvalue weighted by atomic mass is 79.9. The van der Waals surface area contributed by atoms with Crippen molar-refractivity contribution < 1.29 is 21.5 Å². The lowest BCUT2D eigenvalue weighted by Gasteiger charge is -2.26. The first-order chi connectivity index (χ1) is 8.12. The normalized spacial score (nSPS) is 11.3. The summed E-state index contributed by atoms with van der Waals surface area (Å²) < 4.78 is 1.11.